The number of ether oxygens (including phenoxy) is 2. The molecule has 0 amide bonds. The van der Waals surface area contributed by atoms with Crippen LogP contribution in [-0.4, -0.2) is 28.6 Å². The van der Waals surface area contributed by atoms with Crippen molar-refractivity contribution in [3.63, 3.8) is 0 Å². The Morgan fingerprint density at radius 3 is 2.74 bits per heavy atom. The van der Waals surface area contributed by atoms with Crippen LogP contribution < -0.4 is 10.2 Å². The molecule has 0 radical (unpaired) electrons. The van der Waals surface area contributed by atoms with Crippen LogP contribution >= 0.6 is 15.9 Å². The third-order valence-corrected chi connectivity index (χ3v) is 6.36. The number of halogens is 1. The van der Waals surface area contributed by atoms with Gasteiger partial charge in [0.05, 0.1) is 23.0 Å². The van der Waals surface area contributed by atoms with Gasteiger partial charge in [0.25, 0.3) is 0 Å². The molecule has 5 aromatic rings. The predicted octanol–water partition coefficient (Wildman–Crippen LogP) is 5.51. The Balaban J connectivity index is 1.63. The zero-order chi connectivity index (χ0) is 23.7. The summed E-state index contributed by atoms with van der Waals surface area (Å²) in [6.45, 7) is 2.21. The molecule has 3 aromatic heterocycles. The second-order valence-corrected chi connectivity index (χ2v) is 9.16. The van der Waals surface area contributed by atoms with Gasteiger partial charge in [0.15, 0.2) is 12.0 Å². The molecule has 0 spiro atoms. The lowest BCUT2D eigenvalue weighted by Crippen LogP contribution is -2.16. The van der Waals surface area contributed by atoms with E-state index in [1.807, 2.05) is 55.6 Å². The largest absolute Gasteiger partial charge is 0.482 e. The summed E-state index contributed by atoms with van der Waals surface area (Å²) < 4.78 is 14.0. The van der Waals surface area contributed by atoms with E-state index in [1.54, 1.807) is 12.3 Å². The Morgan fingerprint density at radius 1 is 1.09 bits per heavy atom. The normalized spacial score (nSPS) is 11.5. The highest BCUT2D eigenvalue weighted by molar-refractivity contribution is 9.10. The Morgan fingerprint density at radius 2 is 1.94 bits per heavy atom. The zero-order valence-corrected chi connectivity index (χ0v) is 20.3. The highest BCUT2D eigenvalue weighted by atomic mass is 79.9. The Kier molecular flexibility index (Phi) is 6.20. The highest BCUT2D eigenvalue weighted by Gasteiger charge is 2.18. The summed E-state index contributed by atoms with van der Waals surface area (Å²) in [4.78, 5) is 30.0. The summed E-state index contributed by atoms with van der Waals surface area (Å²) in [5.74, 6) is 0.0378. The minimum Gasteiger partial charge on any atom is -0.482 e. The van der Waals surface area contributed by atoms with E-state index in [-0.39, 0.29) is 12.0 Å². The molecule has 0 aliphatic heterocycles. The maximum Gasteiger partial charge on any atom is 0.344 e. The molecule has 34 heavy (non-hydrogen) atoms. The number of esters is 1. The molecule has 0 aliphatic rings. The van der Waals surface area contributed by atoms with Gasteiger partial charge in [-0.15, -0.1) is 0 Å². The second kappa shape index (κ2) is 9.43. The van der Waals surface area contributed by atoms with Gasteiger partial charge in [-0.2, -0.15) is 0 Å². The molecule has 3 heterocycles. The average molecular weight is 519 g/mol. The van der Waals surface area contributed by atoms with Gasteiger partial charge in [-0.05, 0) is 48.9 Å². The minimum atomic E-state index is -0.422. The standard InChI is InChI=1S/C27H23BrN2O4/c1-2-3-10-33-25(31)16-34-20-13-22-21-12-18(28)7-8-24(21)30-15-17(11-19-6-4-5-9-29-19)27(32)23(14-20)26(22)30/h4-9,12-15H,2-3,10-11,16H2,1H3. The first kappa shape index (κ1) is 22.3. The van der Waals surface area contributed by atoms with Crippen molar-refractivity contribution in [2.45, 2.75) is 26.2 Å². The molecule has 2 aromatic carbocycles. The number of hydrogen-bond acceptors (Lipinski definition) is 5. The number of fused-ring (bicyclic) bond motifs is 3. The van der Waals surface area contributed by atoms with Gasteiger partial charge in [-0.25, -0.2) is 4.79 Å². The van der Waals surface area contributed by atoms with E-state index in [4.69, 9.17) is 9.47 Å². The van der Waals surface area contributed by atoms with Gasteiger partial charge in [0, 0.05) is 45.3 Å². The third kappa shape index (κ3) is 4.23. The summed E-state index contributed by atoms with van der Waals surface area (Å²) in [6, 6.07) is 15.3. The molecule has 0 atom stereocenters. The number of nitrogens with zero attached hydrogens (tertiary/aromatic N) is 2. The van der Waals surface area contributed by atoms with Crippen LogP contribution in [-0.2, 0) is 16.0 Å². The van der Waals surface area contributed by atoms with Gasteiger partial charge in [0.2, 0.25) is 0 Å². The quantitative estimate of drug-likeness (QED) is 0.200. The van der Waals surface area contributed by atoms with Crippen molar-refractivity contribution < 1.29 is 14.3 Å². The molecule has 6 nitrogen and oxygen atoms in total. The van der Waals surface area contributed by atoms with Crippen molar-refractivity contribution in [2.24, 2.45) is 0 Å². The minimum absolute atomic E-state index is 0.0685. The molecular formula is C27H23BrN2O4. The molecular weight excluding hydrogens is 496 g/mol. The first-order valence-electron chi connectivity index (χ1n) is 11.3. The lowest BCUT2D eigenvalue weighted by Gasteiger charge is -2.10. The van der Waals surface area contributed by atoms with Crippen molar-refractivity contribution in [3.05, 3.63) is 86.9 Å². The lowest BCUT2D eigenvalue weighted by molar-refractivity contribution is -0.146. The number of benzene rings is 2. The molecule has 5 rings (SSSR count). The topological polar surface area (TPSA) is 69.9 Å². The van der Waals surface area contributed by atoms with Crippen LogP contribution in [0.25, 0.3) is 27.2 Å². The Labute approximate surface area is 204 Å². The number of carbonyl (C=O) groups is 1. The fourth-order valence-corrected chi connectivity index (χ4v) is 4.60. The van der Waals surface area contributed by atoms with Crippen LogP contribution in [0.3, 0.4) is 0 Å². The fourth-order valence-electron chi connectivity index (χ4n) is 4.24. The van der Waals surface area contributed by atoms with E-state index in [2.05, 4.69) is 25.3 Å². The first-order chi connectivity index (χ1) is 16.5. The van der Waals surface area contributed by atoms with E-state index in [0.717, 1.165) is 44.8 Å². The van der Waals surface area contributed by atoms with Gasteiger partial charge in [-0.1, -0.05) is 35.3 Å². The fraction of sp³-hybridized carbons (Fsp3) is 0.222. The van der Waals surface area contributed by atoms with E-state index >= 15 is 0 Å². The van der Waals surface area contributed by atoms with Crippen LogP contribution in [0, 0.1) is 0 Å². The molecule has 0 aliphatic carbocycles. The molecule has 7 heteroatoms. The number of unbranched alkanes of at least 4 members (excludes halogenated alkanes) is 1. The van der Waals surface area contributed by atoms with Crippen molar-refractivity contribution in [1.29, 1.82) is 0 Å². The molecule has 0 N–H and O–H groups in total. The first-order valence-corrected chi connectivity index (χ1v) is 12.1. The van der Waals surface area contributed by atoms with Crippen molar-refractivity contribution in [2.75, 3.05) is 13.2 Å². The Bertz CT molecular complexity index is 1550. The van der Waals surface area contributed by atoms with Crippen LogP contribution in [0.2, 0.25) is 0 Å². The SMILES string of the molecule is CCCCOC(=O)COc1cc2c(=O)c(Cc3ccccn3)cn3c4ccc(Br)cc4c(c1)c23. The number of aromatic nitrogens is 2. The second-order valence-electron chi connectivity index (χ2n) is 8.24. The smallest absolute Gasteiger partial charge is 0.344 e. The molecule has 0 fully saturated rings. The summed E-state index contributed by atoms with van der Waals surface area (Å²) in [7, 11) is 0. The van der Waals surface area contributed by atoms with E-state index < -0.39 is 5.97 Å². The summed E-state index contributed by atoms with van der Waals surface area (Å²) in [6.07, 6.45) is 5.82. The van der Waals surface area contributed by atoms with Crippen LogP contribution in [0.5, 0.6) is 5.75 Å². The van der Waals surface area contributed by atoms with Gasteiger partial charge >= 0.3 is 5.97 Å². The van der Waals surface area contributed by atoms with E-state index in [9.17, 15) is 9.59 Å². The monoisotopic (exact) mass is 518 g/mol. The lowest BCUT2D eigenvalue weighted by atomic mass is 10.1. The third-order valence-electron chi connectivity index (χ3n) is 5.87. The summed E-state index contributed by atoms with van der Waals surface area (Å²) >= 11 is 3.56. The van der Waals surface area contributed by atoms with Gasteiger partial charge in [-0.3, -0.25) is 9.78 Å². The molecule has 0 bridgehead atoms. The van der Waals surface area contributed by atoms with Crippen LogP contribution in [0.4, 0.5) is 0 Å². The predicted molar refractivity (Wildman–Crippen MR) is 136 cm³/mol. The van der Waals surface area contributed by atoms with Gasteiger partial charge < -0.3 is 13.9 Å². The maximum absolute atomic E-state index is 13.6. The van der Waals surface area contributed by atoms with E-state index in [1.165, 1.54) is 0 Å². The molecule has 0 unspecified atom stereocenters. The van der Waals surface area contributed by atoms with Crippen LogP contribution in [0.15, 0.2) is 70.2 Å². The molecule has 0 saturated heterocycles. The number of pyridine rings is 2. The molecule has 0 saturated carbocycles. The van der Waals surface area contributed by atoms with Crippen molar-refractivity contribution in [3.8, 4) is 5.75 Å². The zero-order valence-electron chi connectivity index (χ0n) is 18.7. The van der Waals surface area contributed by atoms with Crippen LogP contribution in [0.1, 0.15) is 31.0 Å². The van der Waals surface area contributed by atoms with Crippen molar-refractivity contribution >= 4 is 49.1 Å². The summed E-state index contributed by atoms with van der Waals surface area (Å²) in [5, 5.41) is 2.43. The highest BCUT2D eigenvalue weighted by Crippen LogP contribution is 2.35. The Hall–Kier alpha value is -3.45. The van der Waals surface area contributed by atoms with Gasteiger partial charge in [0.1, 0.15) is 5.75 Å². The number of carbonyl (C=O) groups excluding carboxylic acids is 1. The van der Waals surface area contributed by atoms with E-state index in [0.29, 0.717) is 29.7 Å². The van der Waals surface area contributed by atoms with Crippen molar-refractivity contribution in [1.82, 2.24) is 9.38 Å². The maximum atomic E-state index is 13.6. The summed E-state index contributed by atoms with van der Waals surface area (Å²) in [5.41, 5.74) is 3.22. The molecule has 172 valence electrons. The number of rotatable bonds is 8. The average Bonchev–Trinajstić information content (AvgIpc) is 3.14. The number of hydrogen-bond donors (Lipinski definition) is 0.